The van der Waals surface area contributed by atoms with Crippen molar-refractivity contribution in [2.45, 2.75) is 44.8 Å². The average molecular weight is 235 g/mol. The van der Waals surface area contributed by atoms with E-state index in [0.717, 1.165) is 19.3 Å². The minimum atomic E-state index is -2.91. The van der Waals surface area contributed by atoms with Crippen LogP contribution in [0.1, 0.15) is 32.6 Å². The molecule has 4 nitrogen and oxygen atoms in total. The number of hydrogen-bond acceptors (Lipinski definition) is 4. The Morgan fingerprint density at radius 3 is 2.60 bits per heavy atom. The summed E-state index contributed by atoms with van der Waals surface area (Å²) in [5.74, 6) is 0.386. The summed E-state index contributed by atoms with van der Waals surface area (Å²) in [5.41, 5.74) is 5.81. The molecule has 1 aliphatic rings. The highest BCUT2D eigenvalue weighted by Gasteiger charge is 2.24. The zero-order valence-corrected chi connectivity index (χ0v) is 10.1. The first kappa shape index (κ1) is 12.9. The zero-order valence-electron chi connectivity index (χ0n) is 9.31. The van der Waals surface area contributed by atoms with Crippen molar-refractivity contribution in [3.05, 3.63) is 0 Å². The summed E-state index contributed by atoms with van der Waals surface area (Å²) in [4.78, 5) is 0. The van der Waals surface area contributed by atoms with E-state index in [1.54, 1.807) is 0 Å². The predicted octanol–water partition coefficient (Wildman–Crippen LogP) is 0.708. The first-order chi connectivity index (χ1) is 7.05. The maximum atomic E-state index is 11.4. The molecule has 90 valence electrons. The molecular formula is C10H21NO3S. The number of ether oxygens (including phenoxy) is 1. The third-order valence-electron chi connectivity index (χ3n) is 2.75. The van der Waals surface area contributed by atoms with E-state index in [4.69, 9.17) is 10.5 Å². The van der Waals surface area contributed by atoms with Gasteiger partial charge in [0.05, 0.1) is 18.5 Å². The molecule has 0 radical (unpaired) electrons. The van der Waals surface area contributed by atoms with Gasteiger partial charge < -0.3 is 10.5 Å². The van der Waals surface area contributed by atoms with Crippen LogP contribution in [0.4, 0.5) is 0 Å². The standard InChI is InChI=1S/C10H21NO3S/c1-2-7-15(12,13)8-6-14-10-5-3-4-9(10)11/h9-10H,2-8,11H2,1H3. The van der Waals surface area contributed by atoms with Gasteiger partial charge in [0.25, 0.3) is 0 Å². The minimum absolute atomic E-state index is 0.0711. The highest BCUT2D eigenvalue weighted by atomic mass is 32.2. The Morgan fingerprint density at radius 2 is 2.07 bits per heavy atom. The summed E-state index contributed by atoms with van der Waals surface area (Å²) in [6.45, 7) is 2.16. The van der Waals surface area contributed by atoms with E-state index in [1.807, 2.05) is 6.92 Å². The predicted molar refractivity (Wildman–Crippen MR) is 60.5 cm³/mol. The monoisotopic (exact) mass is 235 g/mol. The van der Waals surface area contributed by atoms with Crippen LogP contribution in [-0.4, -0.2) is 38.7 Å². The average Bonchev–Trinajstić information content (AvgIpc) is 2.51. The third-order valence-corrected chi connectivity index (χ3v) is 4.56. The fourth-order valence-electron chi connectivity index (χ4n) is 1.90. The summed E-state index contributed by atoms with van der Waals surface area (Å²) >= 11 is 0. The SMILES string of the molecule is CCCS(=O)(=O)CCOC1CCCC1N. The van der Waals surface area contributed by atoms with E-state index in [9.17, 15) is 8.42 Å². The lowest BCUT2D eigenvalue weighted by atomic mass is 10.2. The van der Waals surface area contributed by atoms with Gasteiger partial charge in [-0.05, 0) is 25.7 Å². The summed E-state index contributed by atoms with van der Waals surface area (Å²) in [5, 5.41) is 0. The van der Waals surface area contributed by atoms with Gasteiger partial charge in [0.2, 0.25) is 0 Å². The lowest BCUT2D eigenvalue weighted by Crippen LogP contribution is -2.32. The zero-order chi connectivity index (χ0) is 11.3. The molecule has 0 spiro atoms. The van der Waals surface area contributed by atoms with Crippen LogP contribution in [0.2, 0.25) is 0 Å². The van der Waals surface area contributed by atoms with Crippen molar-refractivity contribution in [3.63, 3.8) is 0 Å². The van der Waals surface area contributed by atoms with Crippen molar-refractivity contribution in [1.82, 2.24) is 0 Å². The minimum Gasteiger partial charge on any atom is -0.376 e. The largest absolute Gasteiger partial charge is 0.376 e. The molecule has 1 rings (SSSR count). The Labute approximate surface area is 92.1 Å². The van der Waals surface area contributed by atoms with Gasteiger partial charge in [-0.1, -0.05) is 6.92 Å². The molecule has 2 N–H and O–H groups in total. The Bertz CT molecular complexity index is 276. The summed E-state index contributed by atoms with van der Waals surface area (Å²) < 4.78 is 28.2. The van der Waals surface area contributed by atoms with Crippen LogP contribution in [-0.2, 0) is 14.6 Å². The molecule has 2 atom stereocenters. The van der Waals surface area contributed by atoms with E-state index in [2.05, 4.69) is 0 Å². The van der Waals surface area contributed by atoms with Gasteiger partial charge in [-0.15, -0.1) is 0 Å². The molecule has 1 fully saturated rings. The Kier molecular flexibility index (Phi) is 5.02. The second-order valence-corrected chi connectivity index (χ2v) is 6.46. The molecule has 0 amide bonds. The molecule has 15 heavy (non-hydrogen) atoms. The molecule has 0 saturated heterocycles. The van der Waals surface area contributed by atoms with Gasteiger partial charge in [-0.2, -0.15) is 0 Å². The number of hydrogen-bond donors (Lipinski definition) is 1. The van der Waals surface area contributed by atoms with E-state index < -0.39 is 9.84 Å². The fourth-order valence-corrected chi connectivity index (χ4v) is 3.08. The molecule has 0 aromatic heterocycles. The maximum absolute atomic E-state index is 11.4. The van der Waals surface area contributed by atoms with Crippen molar-refractivity contribution in [2.24, 2.45) is 5.73 Å². The summed E-state index contributed by atoms with van der Waals surface area (Å²) in [7, 11) is -2.91. The van der Waals surface area contributed by atoms with Crippen molar-refractivity contribution in [2.75, 3.05) is 18.1 Å². The molecule has 0 aliphatic heterocycles. The van der Waals surface area contributed by atoms with Crippen LogP contribution in [0.3, 0.4) is 0 Å². The topological polar surface area (TPSA) is 69.4 Å². The quantitative estimate of drug-likeness (QED) is 0.736. The smallest absolute Gasteiger partial charge is 0.152 e. The Hall–Kier alpha value is -0.130. The molecular weight excluding hydrogens is 214 g/mol. The van der Waals surface area contributed by atoms with Crippen molar-refractivity contribution >= 4 is 9.84 Å². The molecule has 0 aromatic rings. The van der Waals surface area contributed by atoms with E-state index in [0.29, 0.717) is 13.0 Å². The van der Waals surface area contributed by atoms with Crippen molar-refractivity contribution in [1.29, 1.82) is 0 Å². The van der Waals surface area contributed by atoms with Gasteiger partial charge in [0.15, 0.2) is 9.84 Å². The molecule has 0 aromatic carbocycles. The third kappa shape index (κ3) is 4.49. The highest BCUT2D eigenvalue weighted by molar-refractivity contribution is 7.91. The summed E-state index contributed by atoms with van der Waals surface area (Å²) in [6.07, 6.45) is 3.79. The van der Waals surface area contributed by atoms with E-state index in [1.165, 1.54) is 0 Å². The Morgan fingerprint density at radius 1 is 1.33 bits per heavy atom. The van der Waals surface area contributed by atoms with Gasteiger partial charge in [0, 0.05) is 11.8 Å². The fraction of sp³-hybridized carbons (Fsp3) is 1.00. The van der Waals surface area contributed by atoms with Crippen molar-refractivity contribution in [3.8, 4) is 0 Å². The number of nitrogens with two attached hydrogens (primary N) is 1. The van der Waals surface area contributed by atoms with Crippen LogP contribution in [0.25, 0.3) is 0 Å². The maximum Gasteiger partial charge on any atom is 0.152 e. The first-order valence-corrected chi connectivity index (χ1v) is 7.45. The lowest BCUT2D eigenvalue weighted by Gasteiger charge is -2.16. The summed E-state index contributed by atoms with van der Waals surface area (Å²) in [6, 6.07) is 0.0962. The molecule has 2 unspecified atom stereocenters. The second-order valence-electron chi connectivity index (χ2n) is 4.16. The number of sulfone groups is 1. The van der Waals surface area contributed by atoms with Crippen LogP contribution in [0.5, 0.6) is 0 Å². The van der Waals surface area contributed by atoms with Gasteiger partial charge in [-0.3, -0.25) is 0 Å². The molecule has 1 aliphatic carbocycles. The molecule has 0 heterocycles. The lowest BCUT2D eigenvalue weighted by molar-refractivity contribution is 0.0588. The van der Waals surface area contributed by atoms with E-state index in [-0.39, 0.29) is 23.7 Å². The van der Waals surface area contributed by atoms with Crippen LogP contribution in [0, 0.1) is 0 Å². The number of rotatable bonds is 6. The van der Waals surface area contributed by atoms with Crippen LogP contribution >= 0.6 is 0 Å². The van der Waals surface area contributed by atoms with Gasteiger partial charge in [-0.25, -0.2) is 8.42 Å². The van der Waals surface area contributed by atoms with Gasteiger partial charge >= 0.3 is 0 Å². The first-order valence-electron chi connectivity index (χ1n) is 5.63. The highest BCUT2D eigenvalue weighted by Crippen LogP contribution is 2.20. The van der Waals surface area contributed by atoms with Crippen LogP contribution in [0.15, 0.2) is 0 Å². The van der Waals surface area contributed by atoms with Gasteiger partial charge in [0.1, 0.15) is 0 Å². The van der Waals surface area contributed by atoms with Crippen LogP contribution < -0.4 is 5.73 Å². The van der Waals surface area contributed by atoms with Crippen molar-refractivity contribution < 1.29 is 13.2 Å². The second kappa shape index (κ2) is 5.82. The molecule has 1 saturated carbocycles. The molecule has 5 heteroatoms. The van der Waals surface area contributed by atoms with E-state index >= 15 is 0 Å². The normalized spacial score (nSPS) is 27.1. The Balaban J connectivity index is 2.21. The molecule has 0 bridgehead atoms.